The summed E-state index contributed by atoms with van der Waals surface area (Å²) in [6.07, 6.45) is 5.93. The van der Waals surface area contributed by atoms with Gasteiger partial charge in [-0.05, 0) is 43.4 Å². The van der Waals surface area contributed by atoms with Crippen LogP contribution in [0.25, 0.3) is 0 Å². The third-order valence-corrected chi connectivity index (χ3v) is 5.88. The van der Waals surface area contributed by atoms with Crippen molar-refractivity contribution in [2.45, 2.75) is 49.9 Å². The Hall–Kier alpha value is -1.82. The molecule has 2 aliphatic carbocycles. The van der Waals surface area contributed by atoms with E-state index >= 15 is 0 Å². The Balaban J connectivity index is 1.58. The number of rotatable bonds is 4. The second kappa shape index (κ2) is 5.67. The number of amides is 1. The quantitative estimate of drug-likeness (QED) is 0.921. The highest BCUT2D eigenvalue weighted by Gasteiger charge is 2.43. The summed E-state index contributed by atoms with van der Waals surface area (Å²) < 4.78 is 13.2. The van der Waals surface area contributed by atoms with Crippen molar-refractivity contribution in [1.82, 2.24) is 10.2 Å². The van der Waals surface area contributed by atoms with Gasteiger partial charge in [0.2, 0.25) is 11.0 Å². The summed E-state index contributed by atoms with van der Waals surface area (Å²) in [5.74, 6) is 0.219. The topological polar surface area (TPSA) is 54.9 Å². The lowest BCUT2D eigenvalue weighted by atomic mass is 9.78. The molecule has 0 atom stereocenters. The predicted molar refractivity (Wildman–Crippen MR) is 87.1 cm³/mol. The lowest BCUT2D eigenvalue weighted by molar-refractivity contribution is -0.121. The van der Waals surface area contributed by atoms with Gasteiger partial charge < -0.3 is 0 Å². The summed E-state index contributed by atoms with van der Waals surface area (Å²) in [6, 6.07) is 6.32. The summed E-state index contributed by atoms with van der Waals surface area (Å²) >= 11 is 1.47. The molecule has 23 heavy (non-hydrogen) atoms. The van der Waals surface area contributed by atoms with Gasteiger partial charge in [-0.2, -0.15) is 0 Å². The molecule has 0 unspecified atom stereocenters. The molecule has 1 N–H and O–H groups in total. The molecule has 0 bridgehead atoms. The number of carbonyl (C=O) groups excluding carboxylic acids is 1. The van der Waals surface area contributed by atoms with E-state index in [1.807, 2.05) is 0 Å². The molecule has 4 rings (SSSR count). The molecule has 1 amide bonds. The number of anilines is 1. The van der Waals surface area contributed by atoms with Gasteiger partial charge >= 0.3 is 0 Å². The van der Waals surface area contributed by atoms with E-state index in [9.17, 15) is 9.18 Å². The first-order chi connectivity index (χ1) is 11.2. The fraction of sp³-hybridized carbons (Fsp3) is 0.471. The fourth-order valence-electron chi connectivity index (χ4n) is 3.39. The number of halogens is 1. The van der Waals surface area contributed by atoms with Crippen molar-refractivity contribution in [3.63, 3.8) is 0 Å². The van der Waals surface area contributed by atoms with E-state index in [4.69, 9.17) is 0 Å². The normalized spacial score (nSPS) is 19.7. The van der Waals surface area contributed by atoms with E-state index in [1.165, 1.54) is 36.3 Å². The van der Waals surface area contributed by atoms with Crippen LogP contribution in [0.3, 0.4) is 0 Å². The van der Waals surface area contributed by atoms with Crippen LogP contribution in [0.4, 0.5) is 9.52 Å². The van der Waals surface area contributed by atoms with E-state index in [-0.39, 0.29) is 11.7 Å². The minimum Gasteiger partial charge on any atom is -0.300 e. The average molecular weight is 331 g/mol. The molecule has 1 aromatic heterocycles. The number of aromatic nitrogens is 2. The highest BCUT2D eigenvalue weighted by atomic mass is 32.1. The number of nitrogens with zero attached hydrogens (tertiary/aromatic N) is 2. The van der Waals surface area contributed by atoms with Crippen molar-refractivity contribution >= 4 is 22.4 Å². The molecule has 0 spiro atoms. The maximum atomic E-state index is 13.2. The highest BCUT2D eigenvalue weighted by molar-refractivity contribution is 7.15. The molecule has 0 radical (unpaired) electrons. The monoisotopic (exact) mass is 331 g/mol. The fourth-order valence-corrected chi connectivity index (χ4v) is 4.30. The zero-order valence-electron chi connectivity index (χ0n) is 12.7. The summed E-state index contributed by atoms with van der Waals surface area (Å²) in [5, 5.41) is 12.8. The van der Waals surface area contributed by atoms with Crippen molar-refractivity contribution in [2.75, 3.05) is 5.32 Å². The predicted octanol–water partition coefficient (Wildman–Crippen LogP) is 4.01. The summed E-state index contributed by atoms with van der Waals surface area (Å²) in [7, 11) is 0. The zero-order valence-corrected chi connectivity index (χ0v) is 13.5. The first kappa shape index (κ1) is 14.8. The van der Waals surface area contributed by atoms with Crippen LogP contribution in [0, 0.1) is 5.82 Å². The van der Waals surface area contributed by atoms with Gasteiger partial charge in [0.25, 0.3) is 0 Å². The minimum absolute atomic E-state index is 0.0416. The van der Waals surface area contributed by atoms with Crippen LogP contribution >= 0.6 is 11.3 Å². The van der Waals surface area contributed by atoms with Gasteiger partial charge in [0.1, 0.15) is 10.8 Å². The number of nitrogens with one attached hydrogen (secondary N) is 1. The molecular formula is C17H18FN3OS. The lowest BCUT2D eigenvalue weighted by Crippen LogP contribution is -2.38. The van der Waals surface area contributed by atoms with Crippen molar-refractivity contribution in [1.29, 1.82) is 0 Å². The van der Waals surface area contributed by atoms with E-state index in [0.717, 1.165) is 36.3 Å². The van der Waals surface area contributed by atoms with E-state index in [0.29, 0.717) is 11.0 Å². The average Bonchev–Trinajstić information content (AvgIpc) is 3.09. The third-order valence-electron chi connectivity index (χ3n) is 4.88. The Morgan fingerprint density at radius 3 is 2.52 bits per heavy atom. The Labute approximate surface area is 138 Å². The minimum atomic E-state index is -0.570. The number of carbonyl (C=O) groups is 1. The first-order valence-electron chi connectivity index (χ1n) is 8.08. The summed E-state index contributed by atoms with van der Waals surface area (Å²) in [4.78, 5) is 13.0. The first-order valence-corrected chi connectivity index (χ1v) is 8.90. The largest absolute Gasteiger partial charge is 0.300 e. The number of hydrogen-bond donors (Lipinski definition) is 1. The smallest absolute Gasteiger partial charge is 0.236 e. The van der Waals surface area contributed by atoms with Gasteiger partial charge in [0.15, 0.2) is 0 Å². The van der Waals surface area contributed by atoms with E-state index in [1.54, 1.807) is 12.1 Å². The van der Waals surface area contributed by atoms with Crippen LogP contribution in [0.15, 0.2) is 24.3 Å². The molecule has 0 aliphatic heterocycles. The molecule has 120 valence electrons. The third kappa shape index (κ3) is 2.76. The molecule has 2 saturated carbocycles. The van der Waals surface area contributed by atoms with E-state index in [2.05, 4.69) is 15.5 Å². The second-order valence-electron chi connectivity index (χ2n) is 6.47. The van der Waals surface area contributed by atoms with Gasteiger partial charge in [0.05, 0.1) is 5.41 Å². The molecule has 0 saturated heterocycles. The lowest BCUT2D eigenvalue weighted by Gasteiger charge is -2.27. The van der Waals surface area contributed by atoms with Gasteiger partial charge in [-0.25, -0.2) is 4.39 Å². The Morgan fingerprint density at radius 2 is 1.87 bits per heavy atom. The number of benzene rings is 1. The van der Waals surface area contributed by atoms with Crippen molar-refractivity contribution in [3.8, 4) is 0 Å². The van der Waals surface area contributed by atoms with Crippen molar-refractivity contribution in [3.05, 3.63) is 40.7 Å². The molecule has 4 nitrogen and oxygen atoms in total. The molecule has 6 heteroatoms. The van der Waals surface area contributed by atoms with Crippen molar-refractivity contribution < 1.29 is 9.18 Å². The van der Waals surface area contributed by atoms with E-state index < -0.39 is 5.41 Å². The molecule has 1 heterocycles. The Morgan fingerprint density at radius 1 is 1.17 bits per heavy atom. The molecule has 1 aromatic carbocycles. The molecule has 2 aliphatic rings. The van der Waals surface area contributed by atoms with Gasteiger partial charge in [-0.1, -0.05) is 36.3 Å². The number of hydrogen-bond acceptors (Lipinski definition) is 4. The summed E-state index contributed by atoms with van der Waals surface area (Å²) in [5.41, 5.74) is 0.319. The van der Waals surface area contributed by atoms with Gasteiger partial charge in [-0.3, -0.25) is 10.1 Å². The highest BCUT2D eigenvalue weighted by Crippen LogP contribution is 2.44. The molecule has 2 fully saturated rings. The molecular weight excluding hydrogens is 313 g/mol. The van der Waals surface area contributed by atoms with Crippen LogP contribution in [0.5, 0.6) is 0 Å². The van der Waals surface area contributed by atoms with Crippen LogP contribution in [0.2, 0.25) is 0 Å². The zero-order chi connectivity index (χ0) is 15.9. The SMILES string of the molecule is O=C(Nc1nnc(C2CC2)s1)C1(c2ccc(F)cc2)CCCC1. The van der Waals surface area contributed by atoms with Crippen molar-refractivity contribution in [2.24, 2.45) is 0 Å². The second-order valence-corrected chi connectivity index (χ2v) is 7.48. The van der Waals surface area contributed by atoms with Crippen LogP contribution in [0.1, 0.15) is 55.0 Å². The summed E-state index contributed by atoms with van der Waals surface area (Å²) in [6.45, 7) is 0. The maximum absolute atomic E-state index is 13.2. The van der Waals surface area contributed by atoms with Crippen LogP contribution in [-0.4, -0.2) is 16.1 Å². The van der Waals surface area contributed by atoms with Gasteiger partial charge in [-0.15, -0.1) is 10.2 Å². The molecule has 2 aromatic rings. The Bertz CT molecular complexity index is 718. The van der Waals surface area contributed by atoms with Crippen LogP contribution in [-0.2, 0) is 10.2 Å². The van der Waals surface area contributed by atoms with Gasteiger partial charge in [0, 0.05) is 5.92 Å². The maximum Gasteiger partial charge on any atom is 0.236 e. The Kier molecular flexibility index (Phi) is 3.64. The standard InChI is InChI=1S/C17H18FN3OS/c18-13-7-5-12(6-8-13)17(9-1-2-10-17)15(22)19-16-21-20-14(23-16)11-3-4-11/h5-8,11H,1-4,9-10H2,(H,19,21,22). The van der Waals surface area contributed by atoms with Crippen LogP contribution < -0.4 is 5.32 Å².